The Hall–Kier alpha value is -3.68. The van der Waals surface area contributed by atoms with Crippen molar-refractivity contribution in [3.63, 3.8) is 0 Å². The fraction of sp³-hybridized carbons (Fsp3) is 0.214. The van der Waals surface area contributed by atoms with Crippen LogP contribution in [0.4, 0.5) is 0 Å². The number of primary amides is 1. The lowest BCUT2D eigenvalue weighted by molar-refractivity contribution is -0.127. The first kappa shape index (κ1) is 26.4. The van der Waals surface area contributed by atoms with Crippen molar-refractivity contribution >= 4 is 35.0 Å². The first-order valence-electron chi connectivity index (χ1n) is 12.0. The van der Waals surface area contributed by atoms with Crippen molar-refractivity contribution in [1.82, 2.24) is 20.1 Å². The number of benzene rings is 2. The van der Waals surface area contributed by atoms with Crippen LogP contribution in [0.3, 0.4) is 0 Å². The molecule has 0 aliphatic carbocycles. The first-order valence-corrected chi connectivity index (χ1v) is 12.7. The molecular weight excluding hydrogens is 509 g/mol. The summed E-state index contributed by atoms with van der Waals surface area (Å²) in [6, 6.07) is 19.9. The standard InChI is InChI=1S/C28H27Cl2N5O2/c29-23-13-12-22(16-24(23)30)35-21(17-25(34-35)20-9-6-14-32-18-20)10-4-5-11-27(36)33-26(28(31)37)15-19-7-2-1-3-8-19/h1-3,6-9,12-14,16-18,26H,4-5,10-11,15H2,(H2,31,37)(H,33,36)/t26-/m0/s1. The fourth-order valence-electron chi connectivity index (χ4n) is 4.02. The Balaban J connectivity index is 1.40. The van der Waals surface area contributed by atoms with Gasteiger partial charge in [0, 0.05) is 36.5 Å². The lowest BCUT2D eigenvalue weighted by atomic mass is 10.0. The molecule has 190 valence electrons. The van der Waals surface area contributed by atoms with Gasteiger partial charge in [-0.1, -0.05) is 53.5 Å². The Bertz CT molecular complexity index is 1360. The molecule has 37 heavy (non-hydrogen) atoms. The molecular formula is C28H27Cl2N5O2. The average Bonchev–Trinajstić information content (AvgIpc) is 3.33. The summed E-state index contributed by atoms with van der Waals surface area (Å²) < 4.78 is 1.84. The monoisotopic (exact) mass is 535 g/mol. The van der Waals surface area contributed by atoms with Crippen LogP contribution in [0.5, 0.6) is 0 Å². The van der Waals surface area contributed by atoms with E-state index in [0.29, 0.717) is 29.3 Å². The Morgan fingerprint density at radius 3 is 2.49 bits per heavy atom. The minimum atomic E-state index is -0.743. The maximum Gasteiger partial charge on any atom is 0.240 e. The van der Waals surface area contributed by atoms with Crippen molar-refractivity contribution in [2.75, 3.05) is 0 Å². The largest absolute Gasteiger partial charge is 0.368 e. The van der Waals surface area contributed by atoms with Gasteiger partial charge in [-0.3, -0.25) is 14.6 Å². The van der Waals surface area contributed by atoms with Crippen molar-refractivity contribution in [1.29, 1.82) is 0 Å². The van der Waals surface area contributed by atoms with Crippen LogP contribution in [0.2, 0.25) is 10.0 Å². The van der Waals surface area contributed by atoms with Crippen LogP contribution < -0.4 is 11.1 Å². The third-order valence-electron chi connectivity index (χ3n) is 5.94. The van der Waals surface area contributed by atoms with Crippen LogP contribution in [0.25, 0.3) is 16.9 Å². The second kappa shape index (κ2) is 12.5. The van der Waals surface area contributed by atoms with Gasteiger partial charge in [0.15, 0.2) is 0 Å². The molecule has 0 saturated carbocycles. The van der Waals surface area contributed by atoms with Crippen molar-refractivity contribution in [2.24, 2.45) is 5.73 Å². The molecule has 0 fully saturated rings. The van der Waals surface area contributed by atoms with Gasteiger partial charge in [0.1, 0.15) is 6.04 Å². The molecule has 4 rings (SSSR count). The summed E-state index contributed by atoms with van der Waals surface area (Å²) in [5, 5.41) is 8.47. The van der Waals surface area contributed by atoms with Crippen molar-refractivity contribution in [3.8, 4) is 16.9 Å². The maximum atomic E-state index is 12.5. The number of aromatic nitrogens is 3. The number of aryl methyl sites for hydroxylation is 1. The van der Waals surface area contributed by atoms with E-state index in [1.165, 1.54) is 0 Å². The molecule has 3 N–H and O–H groups in total. The number of hydrogen-bond donors (Lipinski definition) is 2. The predicted molar refractivity (Wildman–Crippen MR) is 146 cm³/mol. The van der Waals surface area contributed by atoms with Crippen LogP contribution in [-0.2, 0) is 22.4 Å². The summed E-state index contributed by atoms with van der Waals surface area (Å²) in [4.78, 5) is 28.6. The van der Waals surface area contributed by atoms with Crippen molar-refractivity contribution in [3.05, 3.63) is 100 Å². The van der Waals surface area contributed by atoms with Gasteiger partial charge in [-0.2, -0.15) is 5.10 Å². The molecule has 0 aliphatic heterocycles. The number of hydrogen-bond acceptors (Lipinski definition) is 4. The van der Waals surface area contributed by atoms with Gasteiger partial charge in [0.2, 0.25) is 11.8 Å². The normalized spacial score (nSPS) is 11.7. The molecule has 2 amide bonds. The van der Waals surface area contributed by atoms with Crippen molar-refractivity contribution in [2.45, 2.75) is 38.1 Å². The highest BCUT2D eigenvalue weighted by Crippen LogP contribution is 2.27. The minimum absolute atomic E-state index is 0.200. The minimum Gasteiger partial charge on any atom is -0.368 e. The quantitative estimate of drug-likeness (QED) is 0.258. The van der Waals surface area contributed by atoms with E-state index in [1.807, 2.05) is 59.3 Å². The van der Waals surface area contributed by atoms with Gasteiger partial charge in [-0.25, -0.2) is 4.68 Å². The summed E-state index contributed by atoms with van der Waals surface area (Å²) in [5.41, 5.74) is 9.91. The van der Waals surface area contributed by atoms with E-state index in [2.05, 4.69) is 10.3 Å². The van der Waals surface area contributed by atoms with E-state index in [-0.39, 0.29) is 12.3 Å². The van der Waals surface area contributed by atoms with Gasteiger partial charge in [-0.15, -0.1) is 0 Å². The number of carbonyl (C=O) groups excluding carboxylic acids is 2. The Labute approximate surface area is 225 Å². The van der Waals surface area contributed by atoms with Crippen LogP contribution in [0.1, 0.15) is 30.5 Å². The molecule has 0 bridgehead atoms. The second-order valence-corrected chi connectivity index (χ2v) is 9.51. The summed E-state index contributed by atoms with van der Waals surface area (Å²) in [6.07, 6.45) is 6.19. The number of nitrogens with zero attached hydrogens (tertiary/aromatic N) is 3. The van der Waals surface area contributed by atoms with Crippen LogP contribution >= 0.6 is 23.2 Å². The molecule has 7 nitrogen and oxygen atoms in total. The van der Waals surface area contributed by atoms with Crippen LogP contribution in [0.15, 0.2) is 79.1 Å². The Morgan fingerprint density at radius 1 is 0.973 bits per heavy atom. The zero-order valence-corrected chi connectivity index (χ0v) is 21.6. The molecule has 0 spiro atoms. The topological polar surface area (TPSA) is 103 Å². The van der Waals surface area contributed by atoms with Gasteiger partial charge in [-0.05, 0) is 61.2 Å². The fourth-order valence-corrected chi connectivity index (χ4v) is 4.32. The molecule has 2 heterocycles. The van der Waals surface area contributed by atoms with E-state index in [9.17, 15) is 9.59 Å². The average molecular weight is 536 g/mol. The number of rotatable bonds is 11. The number of nitrogens with two attached hydrogens (primary N) is 1. The Kier molecular flexibility index (Phi) is 8.93. The van der Waals surface area contributed by atoms with E-state index in [1.54, 1.807) is 24.5 Å². The maximum absolute atomic E-state index is 12.5. The molecule has 0 radical (unpaired) electrons. The highest BCUT2D eigenvalue weighted by molar-refractivity contribution is 6.42. The highest BCUT2D eigenvalue weighted by Gasteiger charge is 2.18. The molecule has 0 saturated heterocycles. The molecule has 2 aromatic heterocycles. The molecule has 4 aromatic rings. The van der Waals surface area contributed by atoms with Gasteiger partial charge < -0.3 is 11.1 Å². The van der Waals surface area contributed by atoms with Crippen LogP contribution in [-0.4, -0.2) is 32.6 Å². The van der Waals surface area contributed by atoms with E-state index in [4.69, 9.17) is 34.0 Å². The van der Waals surface area contributed by atoms with E-state index < -0.39 is 11.9 Å². The summed E-state index contributed by atoms with van der Waals surface area (Å²) >= 11 is 12.4. The van der Waals surface area contributed by atoms with E-state index >= 15 is 0 Å². The summed E-state index contributed by atoms with van der Waals surface area (Å²) in [6.45, 7) is 0. The van der Waals surface area contributed by atoms with Gasteiger partial charge in [0.05, 0.1) is 21.4 Å². The number of nitrogens with one attached hydrogen (secondary N) is 1. The lowest BCUT2D eigenvalue weighted by Gasteiger charge is -2.15. The lowest BCUT2D eigenvalue weighted by Crippen LogP contribution is -2.45. The number of amides is 2. The zero-order chi connectivity index (χ0) is 26.2. The summed E-state index contributed by atoms with van der Waals surface area (Å²) in [5.74, 6) is -0.751. The zero-order valence-electron chi connectivity index (χ0n) is 20.1. The third kappa shape index (κ3) is 7.18. The van der Waals surface area contributed by atoms with Crippen LogP contribution in [0, 0.1) is 0 Å². The Morgan fingerprint density at radius 2 is 1.78 bits per heavy atom. The van der Waals surface area contributed by atoms with Crippen molar-refractivity contribution < 1.29 is 9.59 Å². The highest BCUT2D eigenvalue weighted by atomic mass is 35.5. The number of unbranched alkanes of at least 4 members (excludes halogenated alkanes) is 1. The number of carbonyl (C=O) groups is 2. The molecule has 0 unspecified atom stereocenters. The SMILES string of the molecule is NC(=O)[C@H](Cc1ccccc1)NC(=O)CCCCc1cc(-c2cccnc2)nn1-c1ccc(Cl)c(Cl)c1. The smallest absolute Gasteiger partial charge is 0.240 e. The predicted octanol–water partition coefficient (Wildman–Crippen LogP) is 5.17. The third-order valence-corrected chi connectivity index (χ3v) is 6.68. The molecule has 9 heteroatoms. The van der Waals surface area contributed by atoms with Gasteiger partial charge in [0.25, 0.3) is 0 Å². The first-order chi connectivity index (χ1) is 17.9. The molecule has 2 aromatic carbocycles. The summed E-state index contributed by atoms with van der Waals surface area (Å²) in [7, 11) is 0. The molecule has 1 atom stereocenters. The number of pyridine rings is 1. The van der Waals surface area contributed by atoms with Gasteiger partial charge >= 0.3 is 0 Å². The second-order valence-electron chi connectivity index (χ2n) is 8.69. The number of halogens is 2. The van der Waals surface area contributed by atoms with E-state index in [0.717, 1.165) is 34.6 Å². The molecule has 0 aliphatic rings.